The predicted octanol–water partition coefficient (Wildman–Crippen LogP) is 2.05. The van der Waals surface area contributed by atoms with Crippen LogP contribution in [0.1, 0.15) is 12.0 Å². The van der Waals surface area contributed by atoms with Gasteiger partial charge in [-0.2, -0.15) is 0 Å². The number of nitrogens with zero attached hydrogens (tertiary/aromatic N) is 1. The van der Waals surface area contributed by atoms with Crippen molar-refractivity contribution in [1.82, 2.24) is 10.2 Å². The van der Waals surface area contributed by atoms with Crippen molar-refractivity contribution in [1.29, 1.82) is 0 Å². The minimum atomic E-state index is -0.512. The molecule has 1 fully saturated rings. The molecular formula is C14H20F2N2. The van der Waals surface area contributed by atoms with Gasteiger partial charge in [0.2, 0.25) is 0 Å². The maximum Gasteiger partial charge on any atom is 0.129 e. The summed E-state index contributed by atoms with van der Waals surface area (Å²) >= 11 is 0. The Morgan fingerprint density at radius 2 is 2.22 bits per heavy atom. The monoisotopic (exact) mass is 254 g/mol. The second kappa shape index (κ2) is 6.25. The molecule has 0 spiro atoms. The average molecular weight is 254 g/mol. The molecule has 2 rings (SSSR count). The molecule has 1 aromatic rings. The number of rotatable bonds is 5. The molecule has 1 aliphatic rings. The molecule has 0 amide bonds. The van der Waals surface area contributed by atoms with Crippen molar-refractivity contribution in [3.05, 3.63) is 35.4 Å². The molecule has 1 N–H and O–H groups in total. The Morgan fingerprint density at radius 3 is 2.89 bits per heavy atom. The van der Waals surface area contributed by atoms with E-state index in [2.05, 4.69) is 17.3 Å². The summed E-state index contributed by atoms with van der Waals surface area (Å²) in [5.74, 6) is -0.249. The Hall–Kier alpha value is -1.00. The molecule has 1 atom stereocenters. The zero-order chi connectivity index (χ0) is 13.0. The summed E-state index contributed by atoms with van der Waals surface area (Å²) in [5.41, 5.74) is 0.591. The topological polar surface area (TPSA) is 15.3 Å². The highest BCUT2D eigenvalue weighted by molar-refractivity contribution is 5.18. The van der Waals surface area contributed by atoms with E-state index in [0.29, 0.717) is 17.9 Å². The van der Waals surface area contributed by atoms with Crippen LogP contribution in [0, 0.1) is 17.6 Å². The van der Waals surface area contributed by atoms with Gasteiger partial charge in [0.25, 0.3) is 0 Å². The first-order valence-corrected chi connectivity index (χ1v) is 6.48. The van der Waals surface area contributed by atoms with E-state index in [1.54, 1.807) is 0 Å². The van der Waals surface area contributed by atoms with E-state index in [-0.39, 0.29) is 0 Å². The summed E-state index contributed by atoms with van der Waals surface area (Å²) < 4.78 is 26.2. The molecule has 4 heteroatoms. The first-order valence-electron chi connectivity index (χ1n) is 6.48. The Bertz CT molecular complexity index is 389. The summed E-state index contributed by atoms with van der Waals surface area (Å²) in [6.07, 6.45) is 1.85. The number of nitrogens with one attached hydrogen (secondary N) is 1. The van der Waals surface area contributed by atoms with Gasteiger partial charge in [0, 0.05) is 19.2 Å². The van der Waals surface area contributed by atoms with Crippen molar-refractivity contribution in [2.45, 2.75) is 12.8 Å². The van der Waals surface area contributed by atoms with Crippen LogP contribution in [-0.4, -0.2) is 38.1 Å². The minimum Gasteiger partial charge on any atom is -0.316 e. The van der Waals surface area contributed by atoms with Gasteiger partial charge in [-0.3, -0.25) is 0 Å². The van der Waals surface area contributed by atoms with Gasteiger partial charge in [-0.15, -0.1) is 0 Å². The summed E-state index contributed by atoms with van der Waals surface area (Å²) in [7, 11) is 2.06. The van der Waals surface area contributed by atoms with Gasteiger partial charge in [-0.25, -0.2) is 8.78 Å². The third-order valence-corrected chi connectivity index (χ3v) is 3.51. The van der Waals surface area contributed by atoms with Gasteiger partial charge < -0.3 is 10.2 Å². The maximum atomic E-state index is 13.4. The van der Waals surface area contributed by atoms with Gasteiger partial charge in [-0.1, -0.05) is 6.07 Å². The van der Waals surface area contributed by atoms with Crippen molar-refractivity contribution in [2.75, 3.05) is 33.2 Å². The Kier molecular flexibility index (Phi) is 4.66. The van der Waals surface area contributed by atoms with E-state index in [0.717, 1.165) is 32.2 Å². The van der Waals surface area contributed by atoms with Gasteiger partial charge >= 0.3 is 0 Å². The first kappa shape index (κ1) is 13.4. The molecule has 1 saturated heterocycles. The molecule has 1 heterocycles. The average Bonchev–Trinajstić information content (AvgIpc) is 2.80. The van der Waals surface area contributed by atoms with Crippen molar-refractivity contribution < 1.29 is 8.78 Å². The largest absolute Gasteiger partial charge is 0.316 e. The van der Waals surface area contributed by atoms with Crippen LogP contribution >= 0.6 is 0 Å². The molecule has 18 heavy (non-hydrogen) atoms. The molecule has 1 unspecified atom stereocenters. The van der Waals surface area contributed by atoms with Gasteiger partial charge in [0.15, 0.2) is 0 Å². The van der Waals surface area contributed by atoms with Gasteiger partial charge in [0.1, 0.15) is 11.6 Å². The fourth-order valence-electron chi connectivity index (χ4n) is 2.44. The predicted molar refractivity (Wildman–Crippen MR) is 68.5 cm³/mol. The normalized spacial score (nSPS) is 19.7. The molecular weight excluding hydrogens is 234 g/mol. The highest BCUT2D eigenvalue weighted by Crippen LogP contribution is 2.12. The smallest absolute Gasteiger partial charge is 0.129 e. The van der Waals surface area contributed by atoms with E-state index >= 15 is 0 Å². The summed E-state index contributed by atoms with van der Waals surface area (Å²) in [4.78, 5) is 2.22. The molecule has 1 aliphatic heterocycles. The number of hydrogen-bond acceptors (Lipinski definition) is 2. The summed E-state index contributed by atoms with van der Waals surface area (Å²) in [6.45, 7) is 4.02. The number of halogens is 2. The van der Waals surface area contributed by atoms with E-state index in [1.165, 1.54) is 18.6 Å². The Labute approximate surface area is 107 Å². The molecule has 0 bridgehead atoms. The molecule has 0 aliphatic carbocycles. The second-order valence-electron chi connectivity index (χ2n) is 5.11. The third-order valence-electron chi connectivity index (χ3n) is 3.51. The zero-order valence-corrected chi connectivity index (χ0v) is 10.8. The molecule has 100 valence electrons. The molecule has 1 aromatic carbocycles. The van der Waals surface area contributed by atoms with Crippen LogP contribution in [0.2, 0.25) is 0 Å². The Balaban J connectivity index is 1.79. The van der Waals surface area contributed by atoms with Gasteiger partial charge in [0.05, 0.1) is 0 Å². The SMILES string of the molecule is CN(CCc1ccc(F)cc1F)CC1CCNC1. The van der Waals surface area contributed by atoms with Crippen LogP contribution in [0.25, 0.3) is 0 Å². The lowest BCUT2D eigenvalue weighted by atomic mass is 10.1. The van der Waals surface area contributed by atoms with E-state index < -0.39 is 11.6 Å². The van der Waals surface area contributed by atoms with Crippen LogP contribution in [0.3, 0.4) is 0 Å². The summed E-state index contributed by atoms with van der Waals surface area (Å²) in [6, 6.07) is 3.81. The number of benzene rings is 1. The van der Waals surface area contributed by atoms with Crippen LogP contribution in [-0.2, 0) is 6.42 Å². The maximum absolute atomic E-state index is 13.4. The van der Waals surface area contributed by atoms with Crippen LogP contribution in [0.5, 0.6) is 0 Å². The van der Waals surface area contributed by atoms with Crippen molar-refractivity contribution in [2.24, 2.45) is 5.92 Å². The lowest BCUT2D eigenvalue weighted by Crippen LogP contribution is -2.29. The van der Waals surface area contributed by atoms with Crippen molar-refractivity contribution >= 4 is 0 Å². The third kappa shape index (κ3) is 3.75. The van der Waals surface area contributed by atoms with E-state index in [9.17, 15) is 8.78 Å². The molecule has 2 nitrogen and oxygen atoms in total. The second-order valence-corrected chi connectivity index (χ2v) is 5.11. The van der Waals surface area contributed by atoms with Crippen molar-refractivity contribution in [3.63, 3.8) is 0 Å². The molecule has 0 saturated carbocycles. The highest BCUT2D eigenvalue weighted by atomic mass is 19.1. The fourth-order valence-corrected chi connectivity index (χ4v) is 2.44. The lowest BCUT2D eigenvalue weighted by molar-refractivity contribution is 0.287. The van der Waals surface area contributed by atoms with Gasteiger partial charge in [-0.05, 0) is 50.5 Å². The van der Waals surface area contributed by atoms with Crippen molar-refractivity contribution in [3.8, 4) is 0 Å². The Morgan fingerprint density at radius 1 is 1.39 bits per heavy atom. The standard InChI is InChI=1S/C14H20F2N2/c1-18(10-11-4-6-17-9-11)7-5-12-2-3-13(15)8-14(12)16/h2-3,8,11,17H,4-7,9-10H2,1H3. The van der Waals surface area contributed by atoms with Crippen LogP contribution in [0.15, 0.2) is 18.2 Å². The molecule has 0 aromatic heterocycles. The number of hydrogen-bond donors (Lipinski definition) is 1. The van der Waals surface area contributed by atoms with Crippen LogP contribution in [0.4, 0.5) is 8.78 Å². The molecule has 0 radical (unpaired) electrons. The fraction of sp³-hybridized carbons (Fsp3) is 0.571. The number of likely N-dealkylation sites (N-methyl/N-ethyl adjacent to an activating group) is 1. The highest BCUT2D eigenvalue weighted by Gasteiger charge is 2.16. The quantitative estimate of drug-likeness (QED) is 0.865. The zero-order valence-electron chi connectivity index (χ0n) is 10.8. The van der Waals surface area contributed by atoms with Crippen LogP contribution < -0.4 is 5.32 Å². The van der Waals surface area contributed by atoms with E-state index in [4.69, 9.17) is 0 Å². The first-order chi connectivity index (χ1) is 8.65. The van der Waals surface area contributed by atoms with E-state index in [1.807, 2.05) is 0 Å². The lowest BCUT2D eigenvalue weighted by Gasteiger charge is -2.20. The summed E-state index contributed by atoms with van der Waals surface area (Å²) in [5, 5.41) is 3.34. The minimum absolute atomic E-state index is 0.439.